The van der Waals surface area contributed by atoms with Gasteiger partial charge in [0.1, 0.15) is 5.75 Å². The highest BCUT2D eigenvalue weighted by atomic mass is 32.2. The molecule has 0 aliphatic heterocycles. The number of rotatable bonds is 7. The van der Waals surface area contributed by atoms with Gasteiger partial charge in [-0.2, -0.15) is 5.26 Å². The van der Waals surface area contributed by atoms with Crippen molar-refractivity contribution < 1.29 is 8.95 Å². The molecule has 0 aliphatic rings. The number of nitrogen functional groups attached to an aromatic ring is 1. The number of nitrogens with two attached hydrogens (primary N) is 1. The van der Waals surface area contributed by atoms with Gasteiger partial charge in [0, 0.05) is 11.4 Å². The normalized spacial score (nSPS) is 12.7. The van der Waals surface area contributed by atoms with E-state index in [1.807, 2.05) is 20.8 Å². The monoisotopic (exact) mass is 294 g/mol. The summed E-state index contributed by atoms with van der Waals surface area (Å²) in [6.07, 6.45) is 1.45. The van der Waals surface area contributed by atoms with E-state index in [1.165, 1.54) is 0 Å². The molecule has 0 saturated heterocycles. The van der Waals surface area contributed by atoms with Gasteiger partial charge in [0.2, 0.25) is 0 Å². The Bertz CT molecular complexity index is 521. The van der Waals surface area contributed by atoms with Crippen molar-refractivity contribution in [1.29, 1.82) is 5.26 Å². The highest BCUT2D eigenvalue weighted by molar-refractivity contribution is 7.85. The maximum Gasteiger partial charge on any atom is 0.120 e. The molecule has 1 unspecified atom stereocenters. The predicted molar refractivity (Wildman–Crippen MR) is 81.9 cm³/mol. The predicted octanol–water partition coefficient (Wildman–Crippen LogP) is 3.11. The number of anilines is 1. The molecule has 1 rings (SSSR count). The Kier molecular flexibility index (Phi) is 6.03. The molecule has 20 heavy (non-hydrogen) atoms. The van der Waals surface area contributed by atoms with Gasteiger partial charge in [-0.3, -0.25) is 4.21 Å². The van der Waals surface area contributed by atoms with Crippen molar-refractivity contribution >= 4 is 16.5 Å². The molecule has 0 amide bonds. The van der Waals surface area contributed by atoms with Gasteiger partial charge in [-0.05, 0) is 51.8 Å². The molecule has 1 aromatic carbocycles. The summed E-state index contributed by atoms with van der Waals surface area (Å²) in [7, 11) is -1.16. The topological polar surface area (TPSA) is 76.1 Å². The van der Waals surface area contributed by atoms with Gasteiger partial charge in [0.05, 0.1) is 33.8 Å². The second-order valence-corrected chi connectivity index (χ2v) is 6.82. The molecule has 5 heteroatoms. The Labute approximate surface area is 123 Å². The number of benzene rings is 1. The zero-order valence-electron chi connectivity index (χ0n) is 12.3. The SMILES string of the molecule is CCOc1ccc(N)c(S(=O)CCCC(C)(C)C#N)c1. The van der Waals surface area contributed by atoms with E-state index in [0.717, 1.165) is 12.8 Å². The third kappa shape index (κ3) is 4.86. The van der Waals surface area contributed by atoms with Crippen LogP contribution in [0.1, 0.15) is 33.6 Å². The smallest absolute Gasteiger partial charge is 0.120 e. The summed E-state index contributed by atoms with van der Waals surface area (Å²) >= 11 is 0. The fraction of sp³-hybridized carbons (Fsp3) is 0.533. The van der Waals surface area contributed by atoms with Crippen LogP contribution in [0.5, 0.6) is 5.75 Å². The lowest BCUT2D eigenvalue weighted by Crippen LogP contribution is -2.10. The Morgan fingerprint density at radius 1 is 1.45 bits per heavy atom. The molecular formula is C15H22N2O2S. The van der Waals surface area contributed by atoms with Crippen molar-refractivity contribution in [3.63, 3.8) is 0 Å². The Hall–Kier alpha value is -1.54. The second kappa shape index (κ2) is 7.30. The number of nitriles is 1. The Morgan fingerprint density at radius 2 is 2.15 bits per heavy atom. The lowest BCUT2D eigenvalue weighted by atomic mass is 9.90. The lowest BCUT2D eigenvalue weighted by molar-refractivity contribution is 0.339. The third-order valence-electron chi connectivity index (χ3n) is 2.98. The summed E-state index contributed by atoms with van der Waals surface area (Å²) in [6, 6.07) is 7.48. The molecule has 0 heterocycles. The summed E-state index contributed by atoms with van der Waals surface area (Å²) in [5.74, 6) is 1.19. The summed E-state index contributed by atoms with van der Waals surface area (Å²) in [6.45, 7) is 6.24. The number of nitrogens with zero attached hydrogens (tertiary/aromatic N) is 1. The number of hydrogen-bond donors (Lipinski definition) is 1. The number of hydrogen-bond acceptors (Lipinski definition) is 4. The van der Waals surface area contributed by atoms with E-state index in [1.54, 1.807) is 18.2 Å². The molecule has 1 aromatic rings. The van der Waals surface area contributed by atoms with Crippen LogP contribution in [0.2, 0.25) is 0 Å². The van der Waals surface area contributed by atoms with E-state index in [0.29, 0.717) is 28.7 Å². The lowest BCUT2D eigenvalue weighted by Gasteiger charge is -2.14. The van der Waals surface area contributed by atoms with Crippen molar-refractivity contribution in [1.82, 2.24) is 0 Å². The quantitative estimate of drug-likeness (QED) is 0.784. The molecule has 0 bridgehead atoms. The molecule has 0 saturated carbocycles. The van der Waals surface area contributed by atoms with Gasteiger partial charge >= 0.3 is 0 Å². The Morgan fingerprint density at radius 3 is 2.75 bits per heavy atom. The molecule has 110 valence electrons. The Balaban J connectivity index is 2.68. The fourth-order valence-corrected chi connectivity index (χ4v) is 2.98. The van der Waals surface area contributed by atoms with Crippen LogP contribution in [0.15, 0.2) is 23.1 Å². The zero-order valence-corrected chi connectivity index (χ0v) is 13.1. The summed E-state index contributed by atoms with van der Waals surface area (Å²) < 4.78 is 17.7. The molecule has 0 fully saturated rings. The van der Waals surface area contributed by atoms with E-state index >= 15 is 0 Å². The van der Waals surface area contributed by atoms with Crippen molar-refractivity contribution in [2.24, 2.45) is 5.41 Å². The van der Waals surface area contributed by atoms with Crippen LogP contribution in [0.3, 0.4) is 0 Å². The van der Waals surface area contributed by atoms with E-state index < -0.39 is 10.8 Å². The first-order valence-electron chi connectivity index (χ1n) is 6.71. The first kappa shape index (κ1) is 16.5. The zero-order chi connectivity index (χ0) is 15.2. The summed E-state index contributed by atoms with van der Waals surface area (Å²) in [4.78, 5) is 0.616. The van der Waals surface area contributed by atoms with E-state index in [4.69, 9.17) is 15.7 Å². The van der Waals surface area contributed by atoms with Crippen molar-refractivity contribution in [2.45, 2.75) is 38.5 Å². The van der Waals surface area contributed by atoms with Crippen LogP contribution in [-0.2, 0) is 10.8 Å². The molecule has 1 atom stereocenters. The molecule has 0 spiro atoms. The van der Waals surface area contributed by atoms with E-state index in [9.17, 15) is 4.21 Å². The van der Waals surface area contributed by atoms with Crippen molar-refractivity contribution in [3.8, 4) is 11.8 Å². The molecule has 0 radical (unpaired) electrons. The van der Waals surface area contributed by atoms with Gasteiger partial charge < -0.3 is 10.5 Å². The van der Waals surface area contributed by atoms with Crippen LogP contribution in [0.25, 0.3) is 0 Å². The largest absolute Gasteiger partial charge is 0.494 e. The van der Waals surface area contributed by atoms with Crippen LogP contribution >= 0.6 is 0 Å². The standard InChI is InChI=1S/C15H22N2O2S/c1-4-19-12-6-7-13(17)14(10-12)20(18)9-5-8-15(2,3)11-16/h6-7,10H,4-5,8-9,17H2,1-3H3. The van der Waals surface area contributed by atoms with Crippen LogP contribution in [-0.4, -0.2) is 16.6 Å². The third-order valence-corrected chi connectivity index (χ3v) is 4.48. The van der Waals surface area contributed by atoms with Crippen molar-refractivity contribution in [3.05, 3.63) is 18.2 Å². The maximum absolute atomic E-state index is 12.3. The van der Waals surface area contributed by atoms with Gasteiger partial charge in [-0.25, -0.2) is 0 Å². The van der Waals surface area contributed by atoms with Gasteiger partial charge in [-0.1, -0.05) is 0 Å². The average Bonchev–Trinajstić information content (AvgIpc) is 2.41. The van der Waals surface area contributed by atoms with E-state index in [2.05, 4.69) is 6.07 Å². The molecule has 0 aliphatic carbocycles. The first-order chi connectivity index (χ1) is 9.39. The van der Waals surface area contributed by atoms with Crippen LogP contribution < -0.4 is 10.5 Å². The molecule has 2 N–H and O–H groups in total. The number of ether oxygens (including phenoxy) is 1. The minimum absolute atomic E-state index is 0.372. The summed E-state index contributed by atoms with van der Waals surface area (Å²) in [5.41, 5.74) is 6.02. The van der Waals surface area contributed by atoms with Crippen molar-refractivity contribution in [2.75, 3.05) is 18.1 Å². The summed E-state index contributed by atoms with van der Waals surface area (Å²) in [5, 5.41) is 8.95. The minimum Gasteiger partial charge on any atom is -0.494 e. The van der Waals surface area contributed by atoms with Crippen LogP contribution in [0, 0.1) is 16.7 Å². The highest BCUT2D eigenvalue weighted by Crippen LogP contribution is 2.25. The van der Waals surface area contributed by atoms with Gasteiger partial charge in [0.25, 0.3) is 0 Å². The molecular weight excluding hydrogens is 272 g/mol. The van der Waals surface area contributed by atoms with E-state index in [-0.39, 0.29) is 5.41 Å². The molecule has 4 nitrogen and oxygen atoms in total. The average molecular weight is 294 g/mol. The van der Waals surface area contributed by atoms with Gasteiger partial charge in [0.15, 0.2) is 0 Å². The van der Waals surface area contributed by atoms with Crippen LogP contribution in [0.4, 0.5) is 5.69 Å². The fourth-order valence-electron chi connectivity index (χ4n) is 1.78. The minimum atomic E-state index is -1.16. The van der Waals surface area contributed by atoms with Gasteiger partial charge in [-0.15, -0.1) is 0 Å². The molecule has 0 aromatic heterocycles. The second-order valence-electron chi connectivity index (χ2n) is 5.28. The highest BCUT2D eigenvalue weighted by Gasteiger charge is 2.17. The maximum atomic E-state index is 12.3. The first-order valence-corrected chi connectivity index (χ1v) is 8.03.